The third kappa shape index (κ3) is 4.16. The van der Waals surface area contributed by atoms with Crippen LogP contribution < -0.4 is 4.74 Å². The molecule has 1 fully saturated rings. The van der Waals surface area contributed by atoms with Gasteiger partial charge in [0.1, 0.15) is 24.2 Å². The lowest BCUT2D eigenvalue weighted by atomic mass is 10.1. The molecule has 148 valence electrons. The molecule has 29 heavy (non-hydrogen) atoms. The second kappa shape index (κ2) is 8.22. The number of rotatable bonds is 6. The van der Waals surface area contributed by atoms with Gasteiger partial charge in [-0.15, -0.1) is 0 Å². The van der Waals surface area contributed by atoms with Crippen molar-refractivity contribution in [3.63, 3.8) is 0 Å². The van der Waals surface area contributed by atoms with Crippen molar-refractivity contribution in [3.05, 3.63) is 78.3 Å². The quantitative estimate of drug-likeness (QED) is 0.681. The Morgan fingerprint density at radius 3 is 2.45 bits per heavy atom. The summed E-state index contributed by atoms with van der Waals surface area (Å²) in [6, 6.07) is 20.3. The van der Waals surface area contributed by atoms with Crippen molar-refractivity contribution in [1.82, 2.24) is 4.90 Å². The summed E-state index contributed by atoms with van der Waals surface area (Å²) in [6.45, 7) is 0.608. The van der Waals surface area contributed by atoms with Crippen LogP contribution in [0.5, 0.6) is 5.75 Å². The van der Waals surface area contributed by atoms with E-state index < -0.39 is 17.9 Å². The standard InChI is InChI=1S/C23H21NO5/c25-22(24-14-4-7-20(24)23(26)27)21-13-12-19(29-21)15-28-18-10-8-17(9-11-18)16-5-2-1-3-6-16/h1-3,5-6,8-13,20H,4,7,14-15H2,(H,26,27). The van der Waals surface area contributed by atoms with Crippen molar-refractivity contribution in [2.24, 2.45) is 0 Å². The average molecular weight is 391 g/mol. The predicted molar refractivity (Wildman–Crippen MR) is 107 cm³/mol. The first-order valence-corrected chi connectivity index (χ1v) is 9.52. The molecular formula is C23H21NO5. The van der Waals surface area contributed by atoms with E-state index >= 15 is 0 Å². The van der Waals surface area contributed by atoms with Gasteiger partial charge in [0.25, 0.3) is 5.91 Å². The fraction of sp³-hybridized carbons (Fsp3) is 0.217. The van der Waals surface area contributed by atoms with Crippen LogP contribution in [-0.4, -0.2) is 34.5 Å². The minimum atomic E-state index is -0.982. The molecule has 1 unspecified atom stereocenters. The van der Waals surface area contributed by atoms with Gasteiger partial charge in [-0.3, -0.25) is 4.79 Å². The first-order valence-electron chi connectivity index (χ1n) is 9.52. The number of ether oxygens (including phenoxy) is 1. The molecule has 3 aromatic rings. The molecule has 6 heteroatoms. The first-order chi connectivity index (χ1) is 14.1. The van der Waals surface area contributed by atoms with Gasteiger partial charge >= 0.3 is 5.97 Å². The molecule has 2 heterocycles. The Morgan fingerprint density at radius 2 is 1.72 bits per heavy atom. The van der Waals surface area contributed by atoms with E-state index in [0.29, 0.717) is 30.9 Å². The summed E-state index contributed by atoms with van der Waals surface area (Å²) in [4.78, 5) is 25.2. The van der Waals surface area contributed by atoms with Gasteiger partial charge in [0.2, 0.25) is 0 Å². The van der Waals surface area contributed by atoms with Gasteiger partial charge in [0, 0.05) is 6.54 Å². The number of nitrogens with zero attached hydrogens (tertiary/aromatic N) is 1. The average Bonchev–Trinajstić information content (AvgIpc) is 3.43. The van der Waals surface area contributed by atoms with Gasteiger partial charge in [-0.05, 0) is 48.2 Å². The monoisotopic (exact) mass is 391 g/mol. The van der Waals surface area contributed by atoms with E-state index in [1.165, 1.54) is 4.90 Å². The maximum atomic E-state index is 12.5. The summed E-state index contributed by atoms with van der Waals surface area (Å²) in [6.07, 6.45) is 1.15. The lowest BCUT2D eigenvalue weighted by Crippen LogP contribution is -2.40. The summed E-state index contributed by atoms with van der Waals surface area (Å²) < 4.78 is 11.3. The lowest BCUT2D eigenvalue weighted by molar-refractivity contribution is -0.141. The summed E-state index contributed by atoms with van der Waals surface area (Å²) >= 11 is 0. The Kier molecular flexibility index (Phi) is 5.33. The molecule has 0 radical (unpaired) electrons. The minimum Gasteiger partial charge on any atom is -0.486 e. The fourth-order valence-corrected chi connectivity index (χ4v) is 3.51. The Balaban J connectivity index is 1.37. The molecular weight excluding hydrogens is 370 g/mol. The van der Waals surface area contributed by atoms with Crippen LogP contribution in [0.1, 0.15) is 29.2 Å². The molecule has 1 saturated heterocycles. The number of amides is 1. The molecule has 1 N–H and O–H groups in total. The number of carboxylic acids is 1. The molecule has 4 rings (SSSR count). The van der Waals surface area contributed by atoms with Gasteiger partial charge in [0.15, 0.2) is 5.76 Å². The predicted octanol–water partition coefficient (Wildman–Crippen LogP) is 4.21. The van der Waals surface area contributed by atoms with Crippen LogP contribution in [0.25, 0.3) is 11.1 Å². The van der Waals surface area contributed by atoms with Gasteiger partial charge in [-0.2, -0.15) is 0 Å². The van der Waals surface area contributed by atoms with E-state index in [9.17, 15) is 14.7 Å². The maximum Gasteiger partial charge on any atom is 0.326 e. The largest absolute Gasteiger partial charge is 0.486 e. The second-order valence-corrected chi connectivity index (χ2v) is 6.94. The summed E-state index contributed by atoms with van der Waals surface area (Å²) in [5.41, 5.74) is 2.23. The molecule has 1 aromatic heterocycles. The van der Waals surface area contributed by atoms with Crippen LogP contribution in [-0.2, 0) is 11.4 Å². The molecule has 1 aliphatic heterocycles. The molecule has 0 spiro atoms. The van der Waals surface area contributed by atoms with E-state index in [0.717, 1.165) is 11.1 Å². The van der Waals surface area contributed by atoms with E-state index in [1.54, 1.807) is 12.1 Å². The lowest BCUT2D eigenvalue weighted by Gasteiger charge is -2.19. The van der Waals surface area contributed by atoms with Crippen molar-refractivity contribution in [1.29, 1.82) is 0 Å². The number of furan rings is 1. The van der Waals surface area contributed by atoms with Gasteiger partial charge < -0.3 is 19.2 Å². The van der Waals surface area contributed by atoms with E-state index in [-0.39, 0.29) is 12.4 Å². The van der Waals surface area contributed by atoms with Crippen molar-refractivity contribution < 1.29 is 23.8 Å². The molecule has 1 aliphatic rings. The second-order valence-electron chi connectivity index (χ2n) is 6.94. The molecule has 1 atom stereocenters. The smallest absolute Gasteiger partial charge is 0.326 e. The van der Waals surface area contributed by atoms with E-state index in [4.69, 9.17) is 9.15 Å². The number of carbonyl (C=O) groups is 2. The SMILES string of the molecule is O=C(O)C1CCCN1C(=O)c1ccc(COc2ccc(-c3ccccc3)cc2)o1. The number of aliphatic carboxylic acids is 1. The highest BCUT2D eigenvalue weighted by atomic mass is 16.5. The van der Waals surface area contributed by atoms with Gasteiger partial charge in [-0.25, -0.2) is 4.79 Å². The highest BCUT2D eigenvalue weighted by Gasteiger charge is 2.35. The number of benzene rings is 2. The van der Waals surface area contributed by atoms with Crippen LogP contribution in [0.3, 0.4) is 0 Å². The normalized spacial score (nSPS) is 16.0. The molecule has 0 aliphatic carbocycles. The van der Waals surface area contributed by atoms with Crippen molar-refractivity contribution >= 4 is 11.9 Å². The fourth-order valence-electron chi connectivity index (χ4n) is 3.51. The molecule has 0 saturated carbocycles. The number of hydrogen-bond acceptors (Lipinski definition) is 4. The highest BCUT2D eigenvalue weighted by molar-refractivity contribution is 5.94. The van der Waals surface area contributed by atoms with Gasteiger partial charge in [0.05, 0.1) is 0 Å². The van der Waals surface area contributed by atoms with E-state index in [2.05, 4.69) is 0 Å². The van der Waals surface area contributed by atoms with Crippen molar-refractivity contribution in [3.8, 4) is 16.9 Å². The molecule has 6 nitrogen and oxygen atoms in total. The van der Waals surface area contributed by atoms with Crippen LogP contribution in [0.4, 0.5) is 0 Å². The van der Waals surface area contributed by atoms with Crippen LogP contribution >= 0.6 is 0 Å². The van der Waals surface area contributed by atoms with Crippen LogP contribution in [0.2, 0.25) is 0 Å². The Morgan fingerprint density at radius 1 is 1.00 bits per heavy atom. The molecule has 0 bridgehead atoms. The number of carbonyl (C=O) groups excluding carboxylic acids is 1. The highest BCUT2D eigenvalue weighted by Crippen LogP contribution is 2.24. The molecule has 2 aromatic carbocycles. The summed E-state index contributed by atoms with van der Waals surface area (Å²) in [5.74, 6) is -0.0412. The van der Waals surface area contributed by atoms with Crippen molar-refractivity contribution in [2.45, 2.75) is 25.5 Å². The maximum absolute atomic E-state index is 12.5. The zero-order valence-electron chi connectivity index (χ0n) is 15.8. The van der Waals surface area contributed by atoms with E-state index in [1.807, 2.05) is 54.6 Å². The summed E-state index contributed by atoms with van der Waals surface area (Å²) in [5, 5.41) is 9.24. The zero-order chi connectivity index (χ0) is 20.2. The zero-order valence-corrected chi connectivity index (χ0v) is 15.8. The van der Waals surface area contributed by atoms with Crippen LogP contribution in [0.15, 0.2) is 71.1 Å². The number of carboxylic acid groups (broad SMARTS) is 1. The third-order valence-corrected chi connectivity index (χ3v) is 5.01. The Hall–Kier alpha value is -3.54. The topological polar surface area (TPSA) is 80.0 Å². The number of likely N-dealkylation sites (tertiary alicyclic amines) is 1. The summed E-state index contributed by atoms with van der Waals surface area (Å²) in [7, 11) is 0. The minimum absolute atomic E-state index is 0.135. The molecule has 1 amide bonds. The number of hydrogen-bond donors (Lipinski definition) is 1. The van der Waals surface area contributed by atoms with Crippen LogP contribution in [0, 0.1) is 0 Å². The Labute approximate surface area is 168 Å². The Bertz CT molecular complexity index is 994. The van der Waals surface area contributed by atoms with Gasteiger partial charge in [-0.1, -0.05) is 42.5 Å². The van der Waals surface area contributed by atoms with Crippen molar-refractivity contribution in [2.75, 3.05) is 6.54 Å². The third-order valence-electron chi connectivity index (χ3n) is 5.01. The first kappa shape index (κ1) is 18.8.